The molecule has 1 heterocycles. The van der Waals surface area contributed by atoms with E-state index in [-0.39, 0.29) is 6.03 Å². The summed E-state index contributed by atoms with van der Waals surface area (Å²) in [5, 5.41) is 15.4. The number of carbonyl (C=O) groups is 1. The number of hydrogen-bond acceptors (Lipinski definition) is 4. The van der Waals surface area contributed by atoms with E-state index in [1.54, 1.807) is 0 Å². The summed E-state index contributed by atoms with van der Waals surface area (Å²) in [6.45, 7) is 0.500. The van der Waals surface area contributed by atoms with Crippen LogP contribution in [0.15, 0.2) is 30.3 Å². The van der Waals surface area contributed by atoms with Crippen LogP contribution in [0.5, 0.6) is 0 Å². The molecule has 1 aromatic carbocycles. The molecule has 6 heteroatoms. The summed E-state index contributed by atoms with van der Waals surface area (Å²) >= 11 is 1.48. The van der Waals surface area contributed by atoms with Gasteiger partial charge in [-0.05, 0) is 11.5 Å². The first-order valence-corrected chi connectivity index (χ1v) is 8.52. The Balaban J connectivity index is 1.46. The molecule has 22 heavy (non-hydrogen) atoms. The van der Waals surface area contributed by atoms with Gasteiger partial charge >= 0.3 is 6.03 Å². The van der Waals surface area contributed by atoms with Gasteiger partial charge in [0.2, 0.25) is 5.13 Å². The first-order valence-electron chi connectivity index (χ1n) is 7.71. The molecule has 0 unspecified atom stereocenters. The van der Waals surface area contributed by atoms with Gasteiger partial charge in [0.15, 0.2) is 0 Å². The fraction of sp³-hybridized carbons (Fsp3) is 0.438. The lowest BCUT2D eigenvalue weighted by atomic mass is 10.1. The van der Waals surface area contributed by atoms with Crippen LogP contribution in [0.4, 0.5) is 9.93 Å². The Morgan fingerprint density at radius 2 is 1.95 bits per heavy atom. The zero-order chi connectivity index (χ0) is 15.2. The molecule has 0 atom stereocenters. The van der Waals surface area contributed by atoms with E-state index in [4.69, 9.17) is 0 Å². The largest absolute Gasteiger partial charge is 0.334 e. The standard InChI is InChI=1S/C16H20N4OS/c21-15(17-11-13-8-2-1-3-9-13)18-16-20-19-14(22-16)10-12-6-4-5-7-12/h1-3,8-9,12H,4-7,10-11H2,(H2,17,18,20,21). The molecule has 1 saturated carbocycles. The lowest BCUT2D eigenvalue weighted by molar-refractivity contribution is 0.251. The predicted octanol–water partition coefficient (Wildman–Crippen LogP) is 3.59. The number of rotatable bonds is 5. The Morgan fingerprint density at radius 3 is 2.73 bits per heavy atom. The molecule has 5 nitrogen and oxygen atoms in total. The highest BCUT2D eigenvalue weighted by molar-refractivity contribution is 7.15. The lowest BCUT2D eigenvalue weighted by Crippen LogP contribution is -2.28. The van der Waals surface area contributed by atoms with Gasteiger partial charge in [-0.25, -0.2) is 4.79 Å². The quantitative estimate of drug-likeness (QED) is 0.886. The molecule has 0 bridgehead atoms. The van der Waals surface area contributed by atoms with E-state index in [9.17, 15) is 4.79 Å². The molecule has 1 fully saturated rings. The van der Waals surface area contributed by atoms with Crippen molar-refractivity contribution >= 4 is 22.5 Å². The fourth-order valence-corrected chi connectivity index (χ4v) is 3.62. The zero-order valence-corrected chi connectivity index (χ0v) is 13.2. The Kier molecular flexibility index (Phi) is 5.00. The zero-order valence-electron chi connectivity index (χ0n) is 12.4. The molecule has 1 aliphatic carbocycles. The number of amides is 2. The van der Waals surface area contributed by atoms with E-state index in [0.717, 1.165) is 22.9 Å². The van der Waals surface area contributed by atoms with Crippen molar-refractivity contribution in [3.05, 3.63) is 40.9 Å². The highest BCUT2D eigenvalue weighted by atomic mass is 32.1. The van der Waals surface area contributed by atoms with Gasteiger partial charge in [0.1, 0.15) is 5.01 Å². The molecular formula is C16H20N4OS. The molecule has 3 rings (SSSR count). The maximum Gasteiger partial charge on any atom is 0.321 e. The highest BCUT2D eigenvalue weighted by Crippen LogP contribution is 2.29. The van der Waals surface area contributed by atoms with Crippen LogP contribution in [0, 0.1) is 5.92 Å². The van der Waals surface area contributed by atoms with E-state index in [0.29, 0.717) is 11.7 Å². The number of benzene rings is 1. The summed E-state index contributed by atoms with van der Waals surface area (Å²) in [6.07, 6.45) is 6.23. The monoisotopic (exact) mass is 316 g/mol. The molecule has 2 amide bonds. The van der Waals surface area contributed by atoms with E-state index < -0.39 is 0 Å². The number of hydrogen-bond donors (Lipinski definition) is 2. The third-order valence-electron chi connectivity index (χ3n) is 3.92. The second kappa shape index (κ2) is 7.35. The van der Waals surface area contributed by atoms with E-state index >= 15 is 0 Å². The minimum atomic E-state index is -0.243. The van der Waals surface area contributed by atoms with Crippen LogP contribution in [-0.4, -0.2) is 16.2 Å². The highest BCUT2D eigenvalue weighted by Gasteiger charge is 2.18. The first-order chi connectivity index (χ1) is 10.8. The van der Waals surface area contributed by atoms with Gasteiger partial charge in [-0.2, -0.15) is 0 Å². The van der Waals surface area contributed by atoms with Crippen LogP contribution in [0.2, 0.25) is 0 Å². The molecule has 116 valence electrons. The third kappa shape index (κ3) is 4.27. The van der Waals surface area contributed by atoms with Gasteiger partial charge < -0.3 is 5.32 Å². The van der Waals surface area contributed by atoms with Crippen LogP contribution >= 0.6 is 11.3 Å². The Bertz CT molecular complexity index is 608. The van der Waals surface area contributed by atoms with Gasteiger partial charge in [0.05, 0.1) is 0 Å². The second-order valence-electron chi connectivity index (χ2n) is 5.65. The van der Waals surface area contributed by atoms with Crippen LogP contribution in [0.3, 0.4) is 0 Å². The molecule has 1 aliphatic rings. The van der Waals surface area contributed by atoms with Crippen molar-refractivity contribution < 1.29 is 4.79 Å². The van der Waals surface area contributed by atoms with Crippen molar-refractivity contribution in [3.63, 3.8) is 0 Å². The summed E-state index contributed by atoms with van der Waals surface area (Å²) in [7, 11) is 0. The molecule has 2 N–H and O–H groups in total. The predicted molar refractivity (Wildman–Crippen MR) is 87.9 cm³/mol. The van der Waals surface area contributed by atoms with Gasteiger partial charge in [0.25, 0.3) is 0 Å². The number of aromatic nitrogens is 2. The Hall–Kier alpha value is -1.95. The maximum atomic E-state index is 11.9. The average Bonchev–Trinajstić information content (AvgIpc) is 3.19. The number of carbonyl (C=O) groups excluding carboxylic acids is 1. The Labute approximate surface area is 134 Å². The van der Waals surface area contributed by atoms with Crippen molar-refractivity contribution in [1.29, 1.82) is 0 Å². The summed E-state index contributed by atoms with van der Waals surface area (Å²) < 4.78 is 0. The number of nitrogens with zero attached hydrogens (tertiary/aromatic N) is 2. The number of urea groups is 1. The molecular weight excluding hydrogens is 296 g/mol. The van der Waals surface area contributed by atoms with Gasteiger partial charge in [-0.1, -0.05) is 67.4 Å². The van der Waals surface area contributed by atoms with E-state index in [1.165, 1.54) is 37.0 Å². The molecule has 1 aromatic heterocycles. The number of anilines is 1. The molecule has 0 spiro atoms. The molecule has 2 aromatic rings. The topological polar surface area (TPSA) is 66.9 Å². The summed E-state index contributed by atoms with van der Waals surface area (Å²) in [6, 6.07) is 9.57. The van der Waals surface area contributed by atoms with Gasteiger partial charge in [-0.3, -0.25) is 5.32 Å². The van der Waals surface area contributed by atoms with Crippen molar-refractivity contribution in [1.82, 2.24) is 15.5 Å². The SMILES string of the molecule is O=C(NCc1ccccc1)Nc1nnc(CC2CCCC2)s1. The summed E-state index contributed by atoms with van der Waals surface area (Å²) in [5.74, 6) is 0.743. The molecule has 0 saturated heterocycles. The molecule has 0 radical (unpaired) electrons. The van der Waals surface area contributed by atoms with E-state index in [1.807, 2.05) is 30.3 Å². The van der Waals surface area contributed by atoms with Crippen molar-refractivity contribution in [2.75, 3.05) is 5.32 Å². The number of nitrogens with one attached hydrogen (secondary N) is 2. The molecule has 0 aliphatic heterocycles. The van der Waals surface area contributed by atoms with Crippen LogP contribution in [0.1, 0.15) is 36.3 Å². The normalized spacial score (nSPS) is 14.9. The third-order valence-corrected chi connectivity index (χ3v) is 4.78. The van der Waals surface area contributed by atoms with Crippen molar-refractivity contribution in [2.45, 2.75) is 38.6 Å². The second-order valence-corrected chi connectivity index (χ2v) is 6.71. The smallest absolute Gasteiger partial charge is 0.321 e. The van der Waals surface area contributed by atoms with Crippen LogP contribution < -0.4 is 10.6 Å². The lowest BCUT2D eigenvalue weighted by Gasteiger charge is -2.05. The van der Waals surface area contributed by atoms with Crippen molar-refractivity contribution in [3.8, 4) is 0 Å². The minimum absolute atomic E-state index is 0.243. The van der Waals surface area contributed by atoms with Gasteiger partial charge in [0, 0.05) is 13.0 Å². The van der Waals surface area contributed by atoms with Crippen LogP contribution in [0.25, 0.3) is 0 Å². The summed E-state index contributed by atoms with van der Waals surface area (Å²) in [4.78, 5) is 11.9. The van der Waals surface area contributed by atoms with E-state index in [2.05, 4.69) is 20.8 Å². The summed E-state index contributed by atoms with van der Waals surface area (Å²) in [5.41, 5.74) is 1.07. The first kappa shape index (κ1) is 15.0. The Morgan fingerprint density at radius 1 is 1.18 bits per heavy atom. The average molecular weight is 316 g/mol. The van der Waals surface area contributed by atoms with Crippen molar-refractivity contribution in [2.24, 2.45) is 5.92 Å². The minimum Gasteiger partial charge on any atom is -0.334 e. The van der Waals surface area contributed by atoms with Crippen LogP contribution in [-0.2, 0) is 13.0 Å². The van der Waals surface area contributed by atoms with Gasteiger partial charge in [-0.15, -0.1) is 10.2 Å². The fourth-order valence-electron chi connectivity index (χ4n) is 2.77. The maximum absolute atomic E-state index is 11.9.